The third-order valence-electron chi connectivity index (χ3n) is 4.49. The summed E-state index contributed by atoms with van der Waals surface area (Å²) in [6, 6.07) is 15.2. The van der Waals surface area contributed by atoms with Gasteiger partial charge in [0.1, 0.15) is 5.82 Å². The Labute approximate surface area is 184 Å². The van der Waals surface area contributed by atoms with Crippen molar-refractivity contribution >= 4 is 51.5 Å². The topological polar surface area (TPSA) is 85.3 Å². The summed E-state index contributed by atoms with van der Waals surface area (Å²) in [4.78, 5) is 17.1. The fraction of sp³-hybridized carbons (Fsp3) is 0.0476. The minimum absolute atomic E-state index is 0.0558. The predicted octanol–water partition coefficient (Wildman–Crippen LogP) is 5.06. The van der Waals surface area contributed by atoms with Crippen LogP contribution >= 0.6 is 23.4 Å². The van der Waals surface area contributed by atoms with Crippen LogP contribution in [0.1, 0.15) is 0 Å². The van der Waals surface area contributed by atoms with Gasteiger partial charge in [0.05, 0.1) is 22.6 Å². The Hall–Kier alpha value is -3.43. The minimum atomic E-state index is -0.547. The molecule has 0 saturated heterocycles. The largest absolute Gasteiger partial charge is 0.461 e. The van der Waals surface area contributed by atoms with Gasteiger partial charge in [0, 0.05) is 11.1 Å². The van der Waals surface area contributed by atoms with Crippen molar-refractivity contribution in [2.45, 2.75) is 5.16 Å². The van der Waals surface area contributed by atoms with E-state index in [-0.39, 0.29) is 16.7 Å². The van der Waals surface area contributed by atoms with Gasteiger partial charge in [0.25, 0.3) is 0 Å². The molecule has 0 atom stereocenters. The molecular formula is C21H13ClFN5O2S. The third kappa shape index (κ3) is 3.73. The molecule has 31 heavy (non-hydrogen) atoms. The van der Waals surface area contributed by atoms with Crippen LogP contribution < -0.4 is 5.32 Å². The predicted molar refractivity (Wildman–Crippen MR) is 117 cm³/mol. The lowest BCUT2D eigenvalue weighted by Gasteiger charge is -2.08. The maximum atomic E-state index is 13.3. The highest BCUT2D eigenvalue weighted by atomic mass is 35.5. The molecule has 0 bridgehead atoms. The van der Waals surface area contributed by atoms with Gasteiger partial charge in [-0.25, -0.2) is 9.37 Å². The van der Waals surface area contributed by atoms with Crippen LogP contribution in [0, 0.1) is 5.82 Å². The maximum absolute atomic E-state index is 13.3. The molecule has 10 heteroatoms. The molecule has 0 fully saturated rings. The summed E-state index contributed by atoms with van der Waals surface area (Å²) >= 11 is 6.97. The normalized spacial score (nSPS) is 11.3. The van der Waals surface area contributed by atoms with Crippen LogP contribution in [0.3, 0.4) is 0 Å². The lowest BCUT2D eigenvalue weighted by atomic mass is 10.2. The van der Waals surface area contributed by atoms with Crippen LogP contribution in [-0.4, -0.2) is 31.2 Å². The van der Waals surface area contributed by atoms with Crippen molar-refractivity contribution in [2.75, 3.05) is 11.1 Å². The number of carbonyl (C=O) groups is 1. The van der Waals surface area contributed by atoms with Crippen LogP contribution in [0.5, 0.6) is 0 Å². The van der Waals surface area contributed by atoms with E-state index in [1.807, 2.05) is 24.3 Å². The van der Waals surface area contributed by atoms with E-state index in [9.17, 15) is 9.18 Å². The molecule has 3 aromatic heterocycles. The van der Waals surface area contributed by atoms with E-state index in [1.165, 1.54) is 30.0 Å². The van der Waals surface area contributed by atoms with Gasteiger partial charge in [0.2, 0.25) is 5.91 Å². The van der Waals surface area contributed by atoms with E-state index in [1.54, 1.807) is 22.8 Å². The zero-order valence-electron chi connectivity index (χ0n) is 15.8. The second kappa shape index (κ2) is 8.01. The molecule has 0 aliphatic carbocycles. The molecule has 1 N–H and O–H groups in total. The van der Waals surface area contributed by atoms with Crippen molar-refractivity contribution in [3.63, 3.8) is 0 Å². The molecule has 0 radical (unpaired) electrons. The molecule has 7 nitrogen and oxygen atoms in total. The van der Waals surface area contributed by atoms with Gasteiger partial charge < -0.3 is 9.73 Å². The quantitative estimate of drug-likeness (QED) is 0.374. The van der Waals surface area contributed by atoms with E-state index >= 15 is 0 Å². The van der Waals surface area contributed by atoms with Gasteiger partial charge in [0.15, 0.2) is 22.4 Å². The SMILES string of the molecule is O=C(CSc1nnc2c3ccccc3nc(-c3ccco3)n12)Nc1ccc(F)c(Cl)c1. The van der Waals surface area contributed by atoms with E-state index in [4.69, 9.17) is 21.0 Å². The number of amides is 1. The molecule has 5 rings (SSSR count). The van der Waals surface area contributed by atoms with Crippen LogP contribution in [0.4, 0.5) is 10.1 Å². The summed E-state index contributed by atoms with van der Waals surface area (Å²) in [5, 5.41) is 12.5. The van der Waals surface area contributed by atoms with E-state index in [0.29, 0.717) is 28.1 Å². The first-order valence-corrected chi connectivity index (χ1v) is 10.5. The van der Waals surface area contributed by atoms with Crippen molar-refractivity contribution in [2.24, 2.45) is 0 Å². The minimum Gasteiger partial charge on any atom is -0.461 e. The zero-order chi connectivity index (χ0) is 21.4. The van der Waals surface area contributed by atoms with Crippen molar-refractivity contribution in [3.8, 4) is 11.6 Å². The standard InChI is InChI=1S/C21H13ClFN5O2S/c22-14-10-12(7-8-15(14)23)24-18(29)11-31-21-27-26-19-13-4-1-2-5-16(13)25-20(28(19)21)17-6-3-9-30-17/h1-10H,11H2,(H,24,29). The molecule has 1 amide bonds. The van der Waals surface area contributed by atoms with Gasteiger partial charge in [-0.05, 0) is 42.5 Å². The van der Waals surface area contributed by atoms with Crippen molar-refractivity contribution in [1.29, 1.82) is 0 Å². The van der Waals surface area contributed by atoms with Crippen molar-refractivity contribution in [1.82, 2.24) is 19.6 Å². The summed E-state index contributed by atoms with van der Waals surface area (Å²) in [5.74, 6) is 0.312. The summed E-state index contributed by atoms with van der Waals surface area (Å²) in [6.07, 6.45) is 1.57. The molecule has 0 unspecified atom stereocenters. The first-order valence-electron chi connectivity index (χ1n) is 9.15. The second-order valence-electron chi connectivity index (χ2n) is 6.54. The molecule has 3 heterocycles. The van der Waals surface area contributed by atoms with Gasteiger partial charge in [-0.15, -0.1) is 10.2 Å². The van der Waals surface area contributed by atoms with Crippen LogP contribution in [0.2, 0.25) is 5.02 Å². The van der Waals surface area contributed by atoms with Crippen molar-refractivity contribution in [3.05, 3.63) is 71.7 Å². The number of thioether (sulfide) groups is 1. The fourth-order valence-electron chi connectivity index (χ4n) is 3.13. The number of nitrogens with one attached hydrogen (secondary N) is 1. The highest BCUT2D eigenvalue weighted by Gasteiger charge is 2.19. The number of hydrogen-bond acceptors (Lipinski definition) is 6. The van der Waals surface area contributed by atoms with Gasteiger partial charge in [-0.3, -0.25) is 9.20 Å². The molecule has 154 valence electrons. The van der Waals surface area contributed by atoms with Crippen LogP contribution in [0.15, 0.2) is 70.4 Å². The molecule has 0 aliphatic heterocycles. The van der Waals surface area contributed by atoms with Crippen molar-refractivity contribution < 1.29 is 13.6 Å². The molecule has 0 saturated carbocycles. The number of para-hydroxylation sites is 1. The lowest BCUT2D eigenvalue weighted by Crippen LogP contribution is -2.14. The Morgan fingerprint density at radius 1 is 1.16 bits per heavy atom. The number of hydrogen-bond donors (Lipinski definition) is 1. The number of rotatable bonds is 5. The molecule has 0 spiro atoms. The number of halogens is 2. The number of furan rings is 1. The highest BCUT2D eigenvalue weighted by Crippen LogP contribution is 2.29. The Morgan fingerprint density at radius 3 is 2.84 bits per heavy atom. The van der Waals surface area contributed by atoms with Gasteiger partial charge >= 0.3 is 0 Å². The first kappa shape index (κ1) is 19.5. The average Bonchev–Trinajstić information content (AvgIpc) is 3.45. The maximum Gasteiger partial charge on any atom is 0.234 e. The molecule has 5 aromatic rings. The Kier molecular flexibility index (Phi) is 5.05. The van der Waals surface area contributed by atoms with E-state index in [2.05, 4.69) is 15.5 Å². The molecule has 0 aliphatic rings. The first-order chi connectivity index (χ1) is 15.1. The third-order valence-corrected chi connectivity index (χ3v) is 5.71. The summed E-state index contributed by atoms with van der Waals surface area (Å²) in [5.41, 5.74) is 1.79. The van der Waals surface area contributed by atoms with Crippen LogP contribution in [-0.2, 0) is 4.79 Å². The Bertz CT molecular complexity index is 1420. The number of carbonyl (C=O) groups excluding carboxylic acids is 1. The monoisotopic (exact) mass is 453 g/mol. The Morgan fingerprint density at radius 2 is 2.03 bits per heavy atom. The second-order valence-corrected chi connectivity index (χ2v) is 7.89. The summed E-state index contributed by atoms with van der Waals surface area (Å²) in [6.45, 7) is 0. The lowest BCUT2D eigenvalue weighted by molar-refractivity contribution is -0.113. The fourth-order valence-corrected chi connectivity index (χ4v) is 4.04. The molecular weight excluding hydrogens is 441 g/mol. The summed E-state index contributed by atoms with van der Waals surface area (Å²) < 4.78 is 20.6. The number of anilines is 1. The van der Waals surface area contributed by atoms with E-state index in [0.717, 1.165) is 10.9 Å². The molecule has 2 aromatic carbocycles. The number of nitrogens with zero attached hydrogens (tertiary/aromatic N) is 4. The summed E-state index contributed by atoms with van der Waals surface area (Å²) in [7, 11) is 0. The van der Waals surface area contributed by atoms with Gasteiger partial charge in [-0.2, -0.15) is 0 Å². The average molecular weight is 454 g/mol. The highest BCUT2D eigenvalue weighted by molar-refractivity contribution is 7.99. The van der Waals surface area contributed by atoms with Crippen LogP contribution in [0.25, 0.3) is 28.1 Å². The smallest absolute Gasteiger partial charge is 0.234 e. The van der Waals surface area contributed by atoms with Gasteiger partial charge in [-0.1, -0.05) is 35.5 Å². The van der Waals surface area contributed by atoms with E-state index < -0.39 is 5.82 Å². The zero-order valence-corrected chi connectivity index (χ0v) is 17.3. The number of aromatic nitrogens is 4. The Balaban J connectivity index is 1.47. The number of benzene rings is 2. The number of fused-ring (bicyclic) bond motifs is 3.